The Labute approximate surface area is 227 Å². The van der Waals surface area contributed by atoms with Crippen molar-refractivity contribution in [3.8, 4) is 0 Å². The van der Waals surface area contributed by atoms with Crippen molar-refractivity contribution in [2.24, 2.45) is 5.73 Å². The molecule has 1 aromatic rings. The van der Waals surface area contributed by atoms with Crippen LogP contribution in [0.1, 0.15) is 24.6 Å². The minimum atomic E-state index is -5.84. The molecule has 25 heteroatoms. The van der Waals surface area contributed by atoms with E-state index in [1.807, 2.05) is 4.98 Å². The van der Waals surface area contributed by atoms with Crippen molar-refractivity contribution in [1.29, 1.82) is 0 Å². The molecule has 0 bridgehead atoms. The molecule has 41 heavy (non-hydrogen) atoms. The zero-order valence-electron chi connectivity index (χ0n) is 20.4. The van der Waals surface area contributed by atoms with Crippen molar-refractivity contribution in [3.05, 3.63) is 32.6 Å². The Bertz CT molecular complexity index is 1380. The lowest BCUT2D eigenvalue weighted by Crippen LogP contribution is -2.42. The number of ether oxygens (including phenoxy) is 1. The highest BCUT2D eigenvalue weighted by atomic mass is 31.3. The topological polar surface area (TPSA) is 337 Å². The lowest BCUT2D eigenvalue weighted by molar-refractivity contribution is -0.139. The molecule has 1 aliphatic rings. The van der Waals surface area contributed by atoms with Crippen LogP contribution in [0, 0.1) is 0 Å². The van der Waals surface area contributed by atoms with E-state index in [1.54, 1.807) is 0 Å². The van der Waals surface area contributed by atoms with Crippen molar-refractivity contribution in [2.45, 2.75) is 49.9 Å². The molecule has 234 valence electrons. The van der Waals surface area contributed by atoms with Gasteiger partial charge >= 0.3 is 35.1 Å². The van der Waals surface area contributed by atoms with Crippen LogP contribution in [0.4, 0.5) is 4.39 Å². The summed E-state index contributed by atoms with van der Waals surface area (Å²) < 4.78 is 65.8. The molecular weight excluding hydrogens is 632 g/mol. The molecule has 0 aromatic carbocycles. The first-order valence-electron chi connectivity index (χ1n) is 11.1. The Morgan fingerprint density at radius 1 is 1.17 bits per heavy atom. The molecule has 1 aliphatic heterocycles. The van der Waals surface area contributed by atoms with E-state index in [2.05, 4.69) is 18.5 Å². The summed E-state index contributed by atoms with van der Waals surface area (Å²) in [6.45, 7) is -1.27. The number of aryl methyl sites for hydroxylation is 1. The second-order valence-electron chi connectivity index (χ2n) is 8.31. The fraction of sp³-hybridized carbons (Fsp3) is 0.625. The predicted octanol–water partition coefficient (Wildman–Crippen LogP) is -2.67. The monoisotopic (exact) mass is 658 g/mol. The quantitative estimate of drug-likeness (QED) is 0.0685. The smallest absolute Gasteiger partial charge is 0.481 e. The number of aliphatic hydroxyl groups is 1. The highest BCUT2D eigenvalue weighted by Crippen LogP contribution is 2.66. The highest BCUT2D eigenvalue weighted by Gasteiger charge is 2.48. The number of amides is 1. The summed E-state index contributed by atoms with van der Waals surface area (Å²) in [5.41, 5.74) is 3.25. The van der Waals surface area contributed by atoms with Crippen LogP contribution in [-0.2, 0) is 47.6 Å². The van der Waals surface area contributed by atoms with E-state index in [9.17, 15) is 47.3 Å². The molecule has 10 N–H and O–H groups in total. The molecule has 1 fully saturated rings. The predicted molar refractivity (Wildman–Crippen MR) is 128 cm³/mol. The van der Waals surface area contributed by atoms with E-state index in [4.69, 9.17) is 30.3 Å². The molecule has 2 unspecified atom stereocenters. The second-order valence-corrected chi connectivity index (χ2v) is 12.7. The van der Waals surface area contributed by atoms with Gasteiger partial charge in [0.2, 0.25) is 5.91 Å². The molecule has 1 aromatic heterocycles. The van der Waals surface area contributed by atoms with Gasteiger partial charge in [0.1, 0.15) is 12.2 Å². The fourth-order valence-corrected chi connectivity index (χ4v) is 6.36. The minimum absolute atomic E-state index is 0.0578. The number of carbonyl (C=O) groups is 2. The van der Waals surface area contributed by atoms with Gasteiger partial charge in [0, 0.05) is 18.3 Å². The number of phosphoric acid groups is 3. The molecule has 7 atom stereocenters. The van der Waals surface area contributed by atoms with E-state index in [1.165, 1.54) is 0 Å². The summed E-state index contributed by atoms with van der Waals surface area (Å²) >= 11 is 0. The van der Waals surface area contributed by atoms with Crippen LogP contribution >= 0.6 is 23.5 Å². The molecule has 0 saturated carbocycles. The molecule has 1 amide bonds. The Morgan fingerprint density at radius 2 is 1.80 bits per heavy atom. The summed E-state index contributed by atoms with van der Waals surface area (Å²) in [7, 11) is -17.1. The molecule has 2 rings (SSSR count). The van der Waals surface area contributed by atoms with Crippen LogP contribution in [0.2, 0.25) is 0 Å². The number of rotatable bonds is 15. The van der Waals surface area contributed by atoms with E-state index in [0.717, 1.165) is 6.20 Å². The number of nitrogens with one attached hydrogen (secondary N) is 2. The van der Waals surface area contributed by atoms with Crippen LogP contribution in [0.3, 0.4) is 0 Å². The van der Waals surface area contributed by atoms with E-state index >= 15 is 0 Å². The van der Waals surface area contributed by atoms with Crippen LogP contribution in [0.15, 0.2) is 15.8 Å². The summed E-state index contributed by atoms with van der Waals surface area (Å²) in [5, 5.41) is 21.1. The number of nitrogens with two attached hydrogens (primary N) is 1. The number of carbonyl (C=O) groups excluding carboxylic acids is 1. The molecular formula is C16H26FN4O17P3. The normalized spacial score (nSPS) is 24.8. The van der Waals surface area contributed by atoms with E-state index in [-0.39, 0.29) is 24.9 Å². The minimum Gasteiger partial charge on any atom is -0.481 e. The maximum absolute atomic E-state index is 14.8. The van der Waals surface area contributed by atoms with E-state index < -0.39 is 90.3 Å². The van der Waals surface area contributed by atoms with Gasteiger partial charge in [-0.2, -0.15) is 8.62 Å². The van der Waals surface area contributed by atoms with Crippen LogP contribution in [0.25, 0.3) is 0 Å². The molecule has 0 spiro atoms. The van der Waals surface area contributed by atoms with Crippen LogP contribution in [-0.4, -0.2) is 88.8 Å². The number of alkyl halides is 1. The number of H-pyrrole nitrogens is 1. The van der Waals surface area contributed by atoms with Gasteiger partial charge in [0.15, 0.2) is 12.4 Å². The zero-order valence-corrected chi connectivity index (χ0v) is 23.1. The van der Waals surface area contributed by atoms with Gasteiger partial charge in [0.05, 0.1) is 19.1 Å². The number of aliphatic hydroxyl groups excluding tert-OH is 1. The maximum Gasteiger partial charge on any atom is 0.490 e. The highest BCUT2D eigenvalue weighted by molar-refractivity contribution is 7.66. The fourth-order valence-electron chi connectivity index (χ4n) is 3.33. The van der Waals surface area contributed by atoms with Gasteiger partial charge in [-0.1, -0.05) is 0 Å². The first-order valence-corrected chi connectivity index (χ1v) is 15.6. The number of carboxylic acid groups (broad SMARTS) is 1. The molecule has 0 aliphatic carbocycles. The first kappa shape index (κ1) is 35.0. The van der Waals surface area contributed by atoms with Gasteiger partial charge < -0.3 is 45.6 Å². The van der Waals surface area contributed by atoms with Crippen LogP contribution < -0.4 is 22.3 Å². The van der Waals surface area contributed by atoms with Gasteiger partial charge in [-0.15, -0.1) is 0 Å². The number of phosphoric ester groups is 1. The third kappa shape index (κ3) is 10.9. The number of hydrogen-bond donors (Lipinski definition) is 9. The Kier molecular flexibility index (Phi) is 11.9. The van der Waals surface area contributed by atoms with Crippen molar-refractivity contribution in [1.82, 2.24) is 14.9 Å². The van der Waals surface area contributed by atoms with Gasteiger partial charge in [-0.05, 0) is 12.8 Å². The summed E-state index contributed by atoms with van der Waals surface area (Å²) in [6, 6.07) is -1.31. The van der Waals surface area contributed by atoms with Gasteiger partial charge in [0.25, 0.3) is 5.56 Å². The molecule has 21 nitrogen and oxygen atoms in total. The van der Waals surface area contributed by atoms with Crippen molar-refractivity contribution >= 4 is 35.3 Å². The summed E-state index contributed by atoms with van der Waals surface area (Å²) in [6.07, 6.45) is -7.97. The number of nitrogens with zero attached hydrogens (tertiary/aromatic N) is 1. The number of carboxylic acids is 1. The standard InChI is InChI=1S/C16H26FN4O17P3/c17-11-12(24)9(6-35-40(31,32)38-41(33,34)37-39(28,29)30)36-15(11)21-5-7(13(25)20-16(21)27)2-1-3-19-14(26)8(18)4-10(22)23/h5,8-9,11-12,15,24H,1-4,6,18H2,(H,19,26)(H,22,23)(H,31,32)(H,33,34)(H,20,25,27)(H2,28,29,30)/t8-,9+,11+,12+,15+/m0/s1. The Morgan fingerprint density at radius 3 is 2.39 bits per heavy atom. The number of aliphatic carboxylic acids is 1. The number of hydrogen-bond acceptors (Lipinski definition) is 13. The number of aromatic amines is 1. The molecule has 1 saturated heterocycles. The maximum atomic E-state index is 14.8. The second kappa shape index (κ2) is 13.9. The van der Waals surface area contributed by atoms with Gasteiger partial charge in [-0.3, -0.25) is 28.5 Å². The van der Waals surface area contributed by atoms with Crippen LogP contribution in [0.5, 0.6) is 0 Å². The number of halogens is 1. The molecule has 2 heterocycles. The third-order valence-electron chi connectivity index (χ3n) is 5.08. The first-order chi connectivity index (χ1) is 18.7. The van der Waals surface area contributed by atoms with Crippen molar-refractivity contribution < 1.29 is 75.3 Å². The Hall–Kier alpha value is -2.16. The van der Waals surface area contributed by atoms with E-state index in [0.29, 0.717) is 4.57 Å². The average Bonchev–Trinajstić information content (AvgIpc) is 3.07. The summed E-state index contributed by atoms with van der Waals surface area (Å²) in [4.78, 5) is 84.4. The lowest BCUT2D eigenvalue weighted by Gasteiger charge is -2.19. The van der Waals surface area contributed by atoms with Crippen molar-refractivity contribution in [3.63, 3.8) is 0 Å². The average molecular weight is 658 g/mol. The van der Waals surface area contributed by atoms with Gasteiger partial charge in [-0.25, -0.2) is 22.9 Å². The SMILES string of the molecule is N[C@@H](CC(=O)O)C(=O)NCCCc1cn([C@@H]2O[C@H](COP(=O)(O)OP(=O)(O)OP(=O)(O)O)[C@@H](O)[C@H]2F)c(=O)[nH]c1=O. The summed E-state index contributed by atoms with van der Waals surface area (Å²) in [5.74, 6) is -2.05. The third-order valence-corrected chi connectivity index (χ3v) is 8.88. The Balaban J connectivity index is 2.05. The lowest BCUT2D eigenvalue weighted by atomic mass is 10.1. The molecule has 0 radical (unpaired) electrons. The number of aromatic nitrogens is 2. The largest absolute Gasteiger partial charge is 0.490 e. The van der Waals surface area contributed by atoms with Crippen molar-refractivity contribution in [2.75, 3.05) is 13.2 Å². The zero-order chi connectivity index (χ0) is 31.3.